The standard InChI is InChI=1S/C10H14Cl2N2/c11-9-5-13-10(12)14(7-9)6-8-3-1-2-4-8/h5,7-8,10H,1-4,6H2. The third-order valence-electron chi connectivity index (χ3n) is 2.83. The monoisotopic (exact) mass is 232 g/mol. The van der Waals surface area contributed by atoms with Crippen LogP contribution in [0.1, 0.15) is 25.7 Å². The van der Waals surface area contributed by atoms with Crippen molar-refractivity contribution in [2.24, 2.45) is 10.9 Å². The summed E-state index contributed by atoms with van der Waals surface area (Å²) in [6.07, 6.45) is 8.85. The van der Waals surface area contributed by atoms with Crippen molar-refractivity contribution in [1.82, 2.24) is 4.90 Å². The lowest BCUT2D eigenvalue weighted by atomic mass is 10.1. The molecule has 1 unspecified atom stereocenters. The van der Waals surface area contributed by atoms with Gasteiger partial charge in [-0.1, -0.05) is 36.0 Å². The molecule has 0 radical (unpaired) electrons. The summed E-state index contributed by atoms with van der Waals surface area (Å²) >= 11 is 11.9. The van der Waals surface area contributed by atoms with E-state index in [4.69, 9.17) is 23.2 Å². The molecule has 1 saturated carbocycles. The smallest absolute Gasteiger partial charge is 0.197 e. The van der Waals surface area contributed by atoms with Crippen molar-refractivity contribution >= 4 is 29.4 Å². The van der Waals surface area contributed by atoms with E-state index in [0.717, 1.165) is 12.5 Å². The second-order valence-corrected chi connectivity index (χ2v) is 4.78. The number of alkyl halides is 1. The van der Waals surface area contributed by atoms with Crippen LogP contribution in [0.4, 0.5) is 0 Å². The first kappa shape index (κ1) is 10.3. The molecular weight excluding hydrogens is 219 g/mol. The largest absolute Gasteiger partial charge is 0.342 e. The highest BCUT2D eigenvalue weighted by atomic mass is 35.5. The molecule has 0 saturated heterocycles. The Balaban J connectivity index is 1.93. The predicted molar refractivity (Wildman–Crippen MR) is 60.7 cm³/mol. The minimum atomic E-state index is -0.266. The highest BCUT2D eigenvalue weighted by molar-refractivity contribution is 6.39. The average molecular weight is 233 g/mol. The van der Waals surface area contributed by atoms with Gasteiger partial charge in [-0.05, 0) is 18.8 Å². The zero-order valence-electron chi connectivity index (χ0n) is 8.00. The molecule has 0 aromatic rings. The maximum atomic E-state index is 6.05. The highest BCUT2D eigenvalue weighted by Crippen LogP contribution is 2.28. The average Bonchev–Trinajstić information content (AvgIpc) is 2.64. The van der Waals surface area contributed by atoms with Gasteiger partial charge in [0.25, 0.3) is 0 Å². The quantitative estimate of drug-likeness (QED) is 0.528. The van der Waals surface area contributed by atoms with Crippen LogP contribution in [-0.2, 0) is 0 Å². The van der Waals surface area contributed by atoms with Gasteiger partial charge in [0.15, 0.2) is 5.62 Å². The highest BCUT2D eigenvalue weighted by Gasteiger charge is 2.22. The zero-order valence-corrected chi connectivity index (χ0v) is 9.51. The van der Waals surface area contributed by atoms with E-state index < -0.39 is 0 Å². The van der Waals surface area contributed by atoms with Gasteiger partial charge in [-0.3, -0.25) is 4.99 Å². The van der Waals surface area contributed by atoms with Gasteiger partial charge >= 0.3 is 0 Å². The number of allylic oxidation sites excluding steroid dienone is 1. The molecule has 4 heteroatoms. The van der Waals surface area contributed by atoms with Crippen molar-refractivity contribution in [3.8, 4) is 0 Å². The van der Waals surface area contributed by atoms with Crippen LogP contribution in [0.25, 0.3) is 0 Å². The summed E-state index contributed by atoms with van der Waals surface area (Å²) in [5, 5.41) is 0.667. The summed E-state index contributed by atoms with van der Waals surface area (Å²) in [6.45, 7) is 0.988. The Morgan fingerprint density at radius 2 is 2.14 bits per heavy atom. The molecule has 0 amide bonds. The van der Waals surface area contributed by atoms with Crippen LogP contribution >= 0.6 is 23.2 Å². The zero-order chi connectivity index (χ0) is 9.97. The van der Waals surface area contributed by atoms with Crippen LogP contribution in [0.5, 0.6) is 0 Å². The molecule has 2 nitrogen and oxygen atoms in total. The maximum absolute atomic E-state index is 6.05. The SMILES string of the molecule is ClC1=CN(CC2CCCC2)C(Cl)N=C1. The van der Waals surface area contributed by atoms with Crippen molar-refractivity contribution in [3.63, 3.8) is 0 Å². The lowest BCUT2D eigenvalue weighted by Gasteiger charge is -2.28. The van der Waals surface area contributed by atoms with Gasteiger partial charge in [0.05, 0.1) is 5.03 Å². The summed E-state index contributed by atoms with van der Waals surface area (Å²) in [7, 11) is 0. The fourth-order valence-corrected chi connectivity index (χ4v) is 2.48. The minimum absolute atomic E-state index is 0.266. The van der Waals surface area contributed by atoms with E-state index in [-0.39, 0.29) is 5.62 Å². The fourth-order valence-electron chi connectivity index (χ4n) is 2.10. The minimum Gasteiger partial charge on any atom is -0.342 e. The van der Waals surface area contributed by atoms with E-state index in [0.29, 0.717) is 5.03 Å². The lowest BCUT2D eigenvalue weighted by molar-refractivity contribution is 0.292. The molecular formula is C10H14Cl2N2. The Bertz CT molecular complexity index is 257. The van der Waals surface area contributed by atoms with Crippen LogP contribution in [0, 0.1) is 5.92 Å². The van der Waals surface area contributed by atoms with E-state index in [1.165, 1.54) is 25.7 Å². The molecule has 14 heavy (non-hydrogen) atoms. The molecule has 2 aliphatic rings. The number of nitrogens with zero attached hydrogens (tertiary/aromatic N) is 2. The van der Waals surface area contributed by atoms with Crippen LogP contribution in [0.15, 0.2) is 16.2 Å². The van der Waals surface area contributed by atoms with Crippen molar-refractivity contribution < 1.29 is 0 Å². The molecule has 1 aliphatic heterocycles. The fraction of sp³-hybridized carbons (Fsp3) is 0.700. The van der Waals surface area contributed by atoms with E-state index in [1.54, 1.807) is 6.21 Å². The van der Waals surface area contributed by atoms with Crippen molar-refractivity contribution in [2.45, 2.75) is 31.3 Å². The molecule has 2 rings (SSSR count). The summed E-state index contributed by atoms with van der Waals surface area (Å²) < 4.78 is 0. The Hall–Kier alpha value is -0.210. The van der Waals surface area contributed by atoms with Crippen molar-refractivity contribution in [3.05, 3.63) is 11.2 Å². The van der Waals surface area contributed by atoms with E-state index in [1.807, 2.05) is 11.1 Å². The molecule has 0 aromatic carbocycles. The van der Waals surface area contributed by atoms with Crippen molar-refractivity contribution in [1.29, 1.82) is 0 Å². The normalized spacial score (nSPS) is 28.3. The first-order valence-corrected chi connectivity index (χ1v) is 5.87. The van der Waals surface area contributed by atoms with Gasteiger partial charge in [0.2, 0.25) is 0 Å². The lowest BCUT2D eigenvalue weighted by Crippen LogP contribution is -2.31. The molecule has 78 valence electrons. The Labute approximate surface area is 94.6 Å². The Morgan fingerprint density at radius 3 is 2.86 bits per heavy atom. The molecule has 0 spiro atoms. The third kappa shape index (κ3) is 2.43. The summed E-state index contributed by atoms with van der Waals surface area (Å²) in [5.74, 6) is 0.769. The van der Waals surface area contributed by atoms with Crippen LogP contribution < -0.4 is 0 Å². The first-order valence-electron chi connectivity index (χ1n) is 5.06. The van der Waals surface area contributed by atoms with Gasteiger partial charge in [-0.15, -0.1) is 0 Å². The van der Waals surface area contributed by atoms with Gasteiger partial charge in [-0.2, -0.15) is 0 Å². The maximum Gasteiger partial charge on any atom is 0.197 e. The van der Waals surface area contributed by atoms with Gasteiger partial charge in [0.1, 0.15) is 0 Å². The van der Waals surface area contributed by atoms with Gasteiger partial charge in [-0.25, -0.2) is 0 Å². The molecule has 1 heterocycles. The van der Waals surface area contributed by atoms with E-state index in [2.05, 4.69) is 4.99 Å². The second-order valence-electron chi connectivity index (χ2n) is 3.95. The third-order valence-corrected chi connectivity index (χ3v) is 3.39. The Morgan fingerprint density at radius 1 is 1.43 bits per heavy atom. The van der Waals surface area contributed by atoms with E-state index >= 15 is 0 Å². The predicted octanol–water partition coefficient (Wildman–Crippen LogP) is 3.17. The van der Waals surface area contributed by atoms with Crippen LogP contribution in [0.2, 0.25) is 0 Å². The molecule has 0 N–H and O–H groups in total. The van der Waals surface area contributed by atoms with Gasteiger partial charge in [0, 0.05) is 19.0 Å². The Kier molecular flexibility index (Phi) is 3.34. The molecule has 0 bridgehead atoms. The topological polar surface area (TPSA) is 15.6 Å². The van der Waals surface area contributed by atoms with Crippen LogP contribution in [-0.4, -0.2) is 23.3 Å². The number of aliphatic imine (C=N–C) groups is 1. The van der Waals surface area contributed by atoms with Crippen molar-refractivity contribution in [2.75, 3.05) is 6.54 Å². The molecule has 1 fully saturated rings. The summed E-state index contributed by atoms with van der Waals surface area (Å²) in [5.41, 5.74) is -0.266. The number of hydrogen-bond acceptors (Lipinski definition) is 2. The number of halogens is 2. The summed E-state index contributed by atoms with van der Waals surface area (Å²) in [6, 6.07) is 0. The van der Waals surface area contributed by atoms with Gasteiger partial charge < -0.3 is 4.90 Å². The van der Waals surface area contributed by atoms with E-state index in [9.17, 15) is 0 Å². The van der Waals surface area contributed by atoms with Crippen LogP contribution in [0.3, 0.4) is 0 Å². The number of rotatable bonds is 2. The molecule has 1 aliphatic carbocycles. The molecule has 1 atom stereocenters. The number of hydrogen-bond donors (Lipinski definition) is 0. The first-order chi connectivity index (χ1) is 6.75. The second kappa shape index (κ2) is 4.54. The molecule has 0 aromatic heterocycles. The summed E-state index contributed by atoms with van der Waals surface area (Å²) in [4.78, 5) is 6.13.